The number of rotatable bonds is 3. The smallest absolute Gasteiger partial charge is 0.0890 e. The molecule has 0 aromatic rings. The van der Waals surface area contributed by atoms with Crippen LogP contribution in [-0.4, -0.2) is 48.9 Å². The number of unbranched alkanes of at least 4 members (excludes halogenated alkanes) is 1. The molecule has 0 unspecified atom stereocenters. The minimum Gasteiger partial charge on any atom is -0.362 e. The number of hydrogen-bond acceptors (Lipinski definition) is 2. The molecule has 0 aromatic heterocycles. The Hall–Kier alpha value is -0.0626. The van der Waals surface area contributed by atoms with E-state index in [0.29, 0.717) is 0 Å². The van der Waals surface area contributed by atoms with Crippen molar-refractivity contribution in [3.05, 3.63) is 12.4 Å². The molecule has 0 saturated carbocycles. The first-order valence-electron chi connectivity index (χ1n) is 3.95. The SMILES string of the molecule is CCCCN1C=CN(C)C1.[Li]. The molecule has 1 rings (SSSR count). The van der Waals surface area contributed by atoms with Crippen molar-refractivity contribution >= 4 is 18.9 Å². The molecule has 0 atom stereocenters. The van der Waals surface area contributed by atoms with Crippen molar-refractivity contribution in [2.24, 2.45) is 0 Å². The molecule has 1 aliphatic rings. The zero-order valence-electron chi connectivity index (χ0n) is 7.88. The maximum Gasteiger partial charge on any atom is 0.0890 e. The summed E-state index contributed by atoms with van der Waals surface area (Å²) in [6.45, 7) is 4.50. The predicted molar refractivity (Wildman–Crippen MR) is 49.1 cm³/mol. The van der Waals surface area contributed by atoms with Crippen LogP contribution in [0.4, 0.5) is 0 Å². The van der Waals surface area contributed by atoms with E-state index in [9.17, 15) is 0 Å². The van der Waals surface area contributed by atoms with Gasteiger partial charge in [0.1, 0.15) is 0 Å². The van der Waals surface area contributed by atoms with Crippen molar-refractivity contribution in [1.29, 1.82) is 0 Å². The fourth-order valence-corrected chi connectivity index (χ4v) is 1.10. The standard InChI is InChI=1S/C8H16N2.Li/c1-3-4-5-10-7-6-9(2)8-10;/h6-7H,3-5,8H2,1-2H3;. The fourth-order valence-electron chi connectivity index (χ4n) is 1.10. The summed E-state index contributed by atoms with van der Waals surface area (Å²) in [5.41, 5.74) is 0. The van der Waals surface area contributed by atoms with Crippen LogP contribution in [0, 0.1) is 0 Å². The van der Waals surface area contributed by atoms with Crippen LogP contribution < -0.4 is 0 Å². The Morgan fingerprint density at radius 1 is 1.36 bits per heavy atom. The van der Waals surface area contributed by atoms with E-state index in [0.717, 1.165) is 6.67 Å². The first-order chi connectivity index (χ1) is 4.83. The van der Waals surface area contributed by atoms with E-state index in [-0.39, 0.29) is 18.9 Å². The second kappa shape index (κ2) is 5.57. The first kappa shape index (κ1) is 10.9. The maximum atomic E-state index is 2.34. The summed E-state index contributed by atoms with van der Waals surface area (Å²) in [6, 6.07) is 0. The van der Waals surface area contributed by atoms with Crippen LogP contribution in [0.1, 0.15) is 19.8 Å². The maximum absolute atomic E-state index is 2.34. The normalized spacial score (nSPS) is 15.5. The molecule has 59 valence electrons. The molecule has 0 saturated heterocycles. The van der Waals surface area contributed by atoms with Gasteiger partial charge < -0.3 is 9.80 Å². The van der Waals surface area contributed by atoms with Gasteiger partial charge >= 0.3 is 0 Å². The Kier molecular flexibility index (Phi) is 5.54. The van der Waals surface area contributed by atoms with Gasteiger partial charge in [-0.05, 0) is 6.42 Å². The van der Waals surface area contributed by atoms with Crippen LogP contribution >= 0.6 is 0 Å². The Balaban J connectivity index is 0.000001000. The molecular formula is C8H16LiN2. The molecule has 1 radical (unpaired) electrons. The van der Waals surface area contributed by atoms with Crippen LogP contribution in [0.5, 0.6) is 0 Å². The van der Waals surface area contributed by atoms with E-state index in [1.807, 2.05) is 0 Å². The van der Waals surface area contributed by atoms with Crippen molar-refractivity contribution in [2.75, 3.05) is 20.3 Å². The van der Waals surface area contributed by atoms with Gasteiger partial charge in [0, 0.05) is 44.9 Å². The van der Waals surface area contributed by atoms with Gasteiger partial charge in [0.05, 0.1) is 6.67 Å². The second-order valence-corrected chi connectivity index (χ2v) is 2.86. The minimum absolute atomic E-state index is 0. The summed E-state index contributed by atoms with van der Waals surface area (Å²) < 4.78 is 0. The summed E-state index contributed by atoms with van der Waals surface area (Å²) >= 11 is 0. The van der Waals surface area contributed by atoms with E-state index in [2.05, 4.69) is 36.2 Å². The van der Waals surface area contributed by atoms with Gasteiger partial charge in [-0.15, -0.1) is 0 Å². The van der Waals surface area contributed by atoms with Crippen LogP contribution in [0.15, 0.2) is 12.4 Å². The molecular weight excluding hydrogens is 131 g/mol. The second-order valence-electron chi connectivity index (χ2n) is 2.86. The Morgan fingerprint density at radius 2 is 2.09 bits per heavy atom. The molecule has 2 nitrogen and oxygen atoms in total. The molecule has 11 heavy (non-hydrogen) atoms. The van der Waals surface area contributed by atoms with E-state index in [1.54, 1.807) is 0 Å². The quantitative estimate of drug-likeness (QED) is 0.551. The molecule has 1 aliphatic heterocycles. The molecule has 1 heterocycles. The van der Waals surface area contributed by atoms with Gasteiger partial charge in [-0.2, -0.15) is 0 Å². The van der Waals surface area contributed by atoms with Gasteiger partial charge in [-0.3, -0.25) is 0 Å². The topological polar surface area (TPSA) is 6.48 Å². The predicted octanol–water partition coefficient (Wildman–Crippen LogP) is 1.08. The molecule has 0 fully saturated rings. The molecule has 0 bridgehead atoms. The van der Waals surface area contributed by atoms with Gasteiger partial charge in [0.25, 0.3) is 0 Å². The van der Waals surface area contributed by atoms with Crippen LogP contribution in [-0.2, 0) is 0 Å². The van der Waals surface area contributed by atoms with E-state index in [4.69, 9.17) is 0 Å². The molecule has 0 aliphatic carbocycles. The molecule has 3 heteroatoms. The molecule has 0 N–H and O–H groups in total. The van der Waals surface area contributed by atoms with Gasteiger partial charge in [0.15, 0.2) is 0 Å². The summed E-state index contributed by atoms with van der Waals surface area (Å²) in [6.07, 6.45) is 6.87. The van der Waals surface area contributed by atoms with Crippen molar-refractivity contribution in [2.45, 2.75) is 19.8 Å². The largest absolute Gasteiger partial charge is 0.362 e. The molecule has 0 spiro atoms. The third-order valence-electron chi connectivity index (χ3n) is 1.74. The Labute approximate surface area is 81.4 Å². The average Bonchev–Trinajstić information content (AvgIpc) is 2.31. The first-order valence-corrected chi connectivity index (χ1v) is 3.95. The third-order valence-corrected chi connectivity index (χ3v) is 1.74. The summed E-state index contributed by atoms with van der Waals surface area (Å²) in [5.74, 6) is 0. The zero-order chi connectivity index (χ0) is 7.40. The van der Waals surface area contributed by atoms with Gasteiger partial charge in [0.2, 0.25) is 0 Å². The number of nitrogens with zero attached hydrogens (tertiary/aromatic N) is 2. The molecule has 0 aromatic carbocycles. The summed E-state index contributed by atoms with van der Waals surface area (Å²) in [7, 11) is 2.10. The van der Waals surface area contributed by atoms with Crippen molar-refractivity contribution < 1.29 is 0 Å². The minimum atomic E-state index is 0. The van der Waals surface area contributed by atoms with Gasteiger partial charge in [-0.1, -0.05) is 13.3 Å². The van der Waals surface area contributed by atoms with Gasteiger partial charge in [-0.25, -0.2) is 0 Å². The van der Waals surface area contributed by atoms with E-state index >= 15 is 0 Å². The van der Waals surface area contributed by atoms with Crippen molar-refractivity contribution in [3.8, 4) is 0 Å². The summed E-state index contributed by atoms with van der Waals surface area (Å²) in [4.78, 5) is 4.53. The monoisotopic (exact) mass is 147 g/mol. The van der Waals surface area contributed by atoms with E-state index in [1.165, 1.54) is 19.4 Å². The Bertz CT molecular complexity index is 125. The van der Waals surface area contributed by atoms with Crippen molar-refractivity contribution in [3.63, 3.8) is 0 Å². The zero-order valence-corrected chi connectivity index (χ0v) is 7.88. The summed E-state index contributed by atoms with van der Waals surface area (Å²) in [5, 5.41) is 0. The molecule has 0 amide bonds. The third kappa shape index (κ3) is 3.74. The van der Waals surface area contributed by atoms with Crippen LogP contribution in [0.2, 0.25) is 0 Å². The Morgan fingerprint density at radius 3 is 2.55 bits per heavy atom. The average molecular weight is 147 g/mol. The van der Waals surface area contributed by atoms with Crippen LogP contribution in [0.25, 0.3) is 0 Å². The fraction of sp³-hybridized carbons (Fsp3) is 0.750. The number of hydrogen-bond donors (Lipinski definition) is 0. The van der Waals surface area contributed by atoms with Crippen molar-refractivity contribution in [1.82, 2.24) is 9.80 Å². The van der Waals surface area contributed by atoms with Crippen LogP contribution in [0.3, 0.4) is 0 Å². The van der Waals surface area contributed by atoms with E-state index < -0.39 is 0 Å².